The maximum Gasteiger partial charge on any atom is 0.159 e. The van der Waals surface area contributed by atoms with Crippen LogP contribution in [-0.2, 0) is 4.79 Å². The first-order valence-corrected chi connectivity index (χ1v) is 6.17. The van der Waals surface area contributed by atoms with Crippen molar-refractivity contribution in [2.24, 2.45) is 5.92 Å². The fraction of sp³-hybridized carbons (Fsp3) is 0.833. The fourth-order valence-electron chi connectivity index (χ4n) is 1.48. The van der Waals surface area contributed by atoms with Crippen LogP contribution in [0.1, 0.15) is 58.8 Å². The zero-order valence-corrected chi connectivity index (χ0v) is 10.6. The Hall–Kier alpha value is -0.440. The quantitative estimate of drug-likeness (QED) is 0.483. The molecule has 0 amide bonds. The molecule has 0 aliphatic carbocycles. The second kappa shape index (κ2) is 8.84. The van der Waals surface area contributed by atoms with Crippen molar-refractivity contribution in [1.29, 1.82) is 0 Å². The Morgan fingerprint density at radius 3 is 2.27 bits per heavy atom. The standard InChI is InChI=1S/C12H22O2S/c1-10(12(14)15)8-6-4-3-5-7-9-11(2)13/h10H,3-9H2,1-2H3,(H,14,15). The summed E-state index contributed by atoms with van der Waals surface area (Å²) in [7, 11) is 0. The summed E-state index contributed by atoms with van der Waals surface area (Å²) in [4.78, 5) is 10.7. The van der Waals surface area contributed by atoms with Crippen LogP contribution in [-0.4, -0.2) is 15.9 Å². The number of aliphatic hydroxyl groups excluding tert-OH is 1. The van der Waals surface area contributed by atoms with E-state index >= 15 is 0 Å². The molecule has 1 unspecified atom stereocenters. The molecule has 0 aliphatic rings. The van der Waals surface area contributed by atoms with Crippen LogP contribution in [0.5, 0.6) is 0 Å². The van der Waals surface area contributed by atoms with Gasteiger partial charge in [-0.15, -0.1) is 0 Å². The van der Waals surface area contributed by atoms with Gasteiger partial charge in [0.2, 0.25) is 0 Å². The van der Waals surface area contributed by atoms with E-state index in [4.69, 9.17) is 5.11 Å². The Morgan fingerprint density at radius 2 is 1.73 bits per heavy atom. The molecule has 0 bridgehead atoms. The SMILES string of the molecule is CC(=O)CCCCCCCC(C)C(O)=S. The third-order valence-corrected chi connectivity index (χ3v) is 2.99. The van der Waals surface area contributed by atoms with Crippen LogP contribution in [0.2, 0.25) is 0 Å². The van der Waals surface area contributed by atoms with Crippen molar-refractivity contribution in [3.63, 3.8) is 0 Å². The molecule has 3 heteroatoms. The number of ketones is 1. The number of aliphatic hydroxyl groups is 1. The highest BCUT2D eigenvalue weighted by Gasteiger charge is 2.05. The largest absolute Gasteiger partial charge is 0.502 e. The van der Waals surface area contributed by atoms with E-state index in [2.05, 4.69) is 12.2 Å². The van der Waals surface area contributed by atoms with Crippen molar-refractivity contribution in [2.45, 2.75) is 58.8 Å². The first kappa shape index (κ1) is 14.6. The lowest BCUT2D eigenvalue weighted by Gasteiger charge is -2.07. The van der Waals surface area contributed by atoms with Gasteiger partial charge in [0.15, 0.2) is 5.05 Å². The molecule has 0 heterocycles. The van der Waals surface area contributed by atoms with Gasteiger partial charge in [0.1, 0.15) is 5.78 Å². The van der Waals surface area contributed by atoms with E-state index in [1.165, 1.54) is 12.8 Å². The lowest BCUT2D eigenvalue weighted by Crippen LogP contribution is -2.06. The second-order valence-corrected chi connectivity index (χ2v) is 4.67. The lowest BCUT2D eigenvalue weighted by atomic mass is 10.0. The van der Waals surface area contributed by atoms with E-state index in [0.29, 0.717) is 0 Å². The Morgan fingerprint density at radius 1 is 1.20 bits per heavy atom. The van der Waals surface area contributed by atoms with Crippen LogP contribution < -0.4 is 0 Å². The van der Waals surface area contributed by atoms with E-state index < -0.39 is 0 Å². The average molecular weight is 230 g/mol. The molecule has 0 saturated heterocycles. The highest BCUT2D eigenvalue weighted by Crippen LogP contribution is 2.12. The summed E-state index contributed by atoms with van der Waals surface area (Å²) in [5.74, 6) is 0.437. The summed E-state index contributed by atoms with van der Waals surface area (Å²) < 4.78 is 0. The molecule has 0 aromatic carbocycles. The number of rotatable bonds is 9. The van der Waals surface area contributed by atoms with Crippen LogP contribution >= 0.6 is 12.2 Å². The van der Waals surface area contributed by atoms with Crippen molar-refractivity contribution in [3.8, 4) is 0 Å². The Kier molecular flexibility index (Phi) is 8.58. The highest BCUT2D eigenvalue weighted by molar-refractivity contribution is 7.80. The molecule has 0 rings (SSSR count). The summed E-state index contributed by atoms with van der Waals surface area (Å²) in [5.41, 5.74) is 0. The van der Waals surface area contributed by atoms with Gasteiger partial charge in [-0.1, -0.05) is 32.6 Å². The zero-order chi connectivity index (χ0) is 11.7. The van der Waals surface area contributed by atoms with Gasteiger partial charge in [0, 0.05) is 12.3 Å². The fourth-order valence-corrected chi connectivity index (χ4v) is 1.60. The molecule has 0 fully saturated rings. The molecular weight excluding hydrogens is 208 g/mol. The van der Waals surface area contributed by atoms with Gasteiger partial charge in [-0.3, -0.25) is 0 Å². The van der Waals surface area contributed by atoms with Crippen molar-refractivity contribution >= 4 is 23.1 Å². The van der Waals surface area contributed by atoms with Crippen LogP contribution in [0.3, 0.4) is 0 Å². The van der Waals surface area contributed by atoms with Crippen LogP contribution in [0.4, 0.5) is 0 Å². The molecule has 88 valence electrons. The number of carbonyl (C=O) groups is 1. The Bertz CT molecular complexity index is 202. The summed E-state index contributed by atoms with van der Waals surface area (Å²) in [6, 6.07) is 0. The maximum absolute atomic E-state index is 10.7. The van der Waals surface area contributed by atoms with Crippen molar-refractivity contribution in [3.05, 3.63) is 0 Å². The number of thiocarbonyl (C=S) groups is 1. The van der Waals surface area contributed by atoms with E-state index in [1.807, 2.05) is 6.92 Å². The molecule has 2 nitrogen and oxygen atoms in total. The van der Waals surface area contributed by atoms with Gasteiger partial charge in [-0.25, -0.2) is 0 Å². The molecular formula is C12H22O2S. The molecule has 0 radical (unpaired) electrons. The van der Waals surface area contributed by atoms with Crippen molar-refractivity contribution < 1.29 is 9.90 Å². The van der Waals surface area contributed by atoms with Crippen LogP contribution in [0.15, 0.2) is 0 Å². The predicted octanol–water partition coefficient (Wildman–Crippen LogP) is 3.83. The monoisotopic (exact) mass is 230 g/mol. The molecule has 0 aromatic rings. The maximum atomic E-state index is 10.7. The minimum atomic E-state index is 0.131. The van der Waals surface area contributed by atoms with Gasteiger partial charge >= 0.3 is 0 Å². The molecule has 1 atom stereocenters. The third kappa shape index (κ3) is 9.85. The lowest BCUT2D eigenvalue weighted by molar-refractivity contribution is -0.117. The number of hydrogen-bond donors (Lipinski definition) is 1. The molecule has 0 spiro atoms. The smallest absolute Gasteiger partial charge is 0.159 e. The second-order valence-electron chi connectivity index (χ2n) is 4.25. The van der Waals surface area contributed by atoms with E-state index in [1.54, 1.807) is 6.92 Å². The summed E-state index contributed by atoms with van der Waals surface area (Å²) in [5, 5.41) is 9.15. The predicted molar refractivity (Wildman–Crippen MR) is 67.4 cm³/mol. The molecule has 0 aromatic heterocycles. The first-order chi connectivity index (χ1) is 7.04. The summed E-state index contributed by atoms with van der Waals surface area (Å²) in [6.07, 6.45) is 7.31. The van der Waals surface area contributed by atoms with Gasteiger partial charge in [0.25, 0.3) is 0 Å². The van der Waals surface area contributed by atoms with Crippen molar-refractivity contribution in [1.82, 2.24) is 0 Å². The summed E-state index contributed by atoms with van der Waals surface area (Å²) in [6.45, 7) is 3.60. The Labute approximate surface area is 98.1 Å². The molecule has 1 N–H and O–H groups in total. The number of carbonyl (C=O) groups excluding carboxylic acids is 1. The minimum Gasteiger partial charge on any atom is -0.502 e. The Balaban J connectivity index is 3.18. The number of unbranched alkanes of at least 4 members (excludes halogenated alkanes) is 4. The molecule has 0 saturated carbocycles. The van der Waals surface area contributed by atoms with Gasteiger partial charge < -0.3 is 9.90 Å². The number of hydrogen-bond acceptors (Lipinski definition) is 2. The van der Waals surface area contributed by atoms with Gasteiger partial charge in [-0.05, 0) is 32.0 Å². The molecule has 0 aliphatic heterocycles. The average Bonchev–Trinajstić information content (AvgIpc) is 2.15. The first-order valence-electron chi connectivity index (χ1n) is 5.76. The van der Waals surface area contributed by atoms with E-state index in [-0.39, 0.29) is 16.8 Å². The highest BCUT2D eigenvalue weighted by atomic mass is 32.1. The normalized spacial score (nSPS) is 12.4. The van der Waals surface area contributed by atoms with Crippen LogP contribution in [0.25, 0.3) is 0 Å². The summed E-state index contributed by atoms with van der Waals surface area (Å²) >= 11 is 4.68. The van der Waals surface area contributed by atoms with Crippen LogP contribution in [0, 0.1) is 5.92 Å². The molecule has 15 heavy (non-hydrogen) atoms. The van der Waals surface area contributed by atoms with Gasteiger partial charge in [-0.2, -0.15) is 0 Å². The third-order valence-electron chi connectivity index (χ3n) is 2.59. The van der Waals surface area contributed by atoms with Crippen molar-refractivity contribution in [2.75, 3.05) is 0 Å². The minimum absolute atomic E-state index is 0.131. The zero-order valence-electron chi connectivity index (χ0n) is 9.79. The number of Topliss-reactive ketones (excluding diaryl/α,β-unsaturated/α-hetero) is 1. The van der Waals surface area contributed by atoms with E-state index in [9.17, 15) is 4.79 Å². The van der Waals surface area contributed by atoms with Gasteiger partial charge in [0.05, 0.1) is 0 Å². The topological polar surface area (TPSA) is 37.3 Å². The van der Waals surface area contributed by atoms with E-state index in [0.717, 1.165) is 32.1 Å².